The fraction of sp³-hybridized carbons (Fsp3) is 0.286. The van der Waals surface area contributed by atoms with Gasteiger partial charge in [-0.05, 0) is 37.3 Å². The smallest absolute Gasteiger partial charge is 0.409 e. The monoisotopic (exact) mass is 462 g/mol. The van der Waals surface area contributed by atoms with E-state index in [1.165, 1.54) is 4.68 Å². The Kier molecular flexibility index (Phi) is 6.20. The van der Waals surface area contributed by atoms with Crippen molar-refractivity contribution in [3.8, 4) is 17.1 Å². The van der Waals surface area contributed by atoms with Crippen molar-refractivity contribution in [3.05, 3.63) is 58.4 Å². The standard InChI is InChI=1S/C21H20Cl2N4O4/c1-2-30-21(29)26-9-7-25(8-10-26)20(28)18-13-17(19-4-3-11-31-19)24-27(18)14-5-6-15(22)16(23)12-14/h3-6,11-13H,2,7-10H2,1H3. The zero-order valence-electron chi connectivity index (χ0n) is 16.8. The number of piperazine rings is 1. The van der Waals surface area contributed by atoms with Gasteiger partial charge < -0.3 is 19.0 Å². The van der Waals surface area contributed by atoms with E-state index in [9.17, 15) is 9.59 Å². The minimum absolute atomic E-state index is 0.208. The van der Waals surface area contributed by atoms with Crippen molar-refractivity contribution in [2.45, 2.75) is 6.92 Å². The highest BCUT2D eigenvalue weighted by atomic mass is 35.5. The van der Waals surface area contributed by atoms with Gasteiger partial charge in [0.05, 0.1) is 28.6 Å². The summed E-state index contributed by atoms with van der Waals surface area (Å²) in [6, 6.07) is 10.2. The summed E-state index contributed by atoms with van der Waals surface area (Å²) in [6.45, 7) is 3.66. The summed E-state index contributed by atoms with van der Waals surface area (Å²) in [5.41, 5.74) is 1.47. The lowest BCUT2D eigenvalue weighted by Gasteiger charge is -2.34. The molecule has 0 aliphatic carbocycles. The Morgan fingerprint density at radius 3 is 2.45 bits per heavy atom. The van der Waals surface area contributed by atoms with E-state index in [0.717, 1.165) is 0 Å². The molecular formula is C21H20Cl2N4O4. The fourth-order valence-corrected chi connectivity index (χ4v) is 3.65. The normalized spacial score (nSPS) is 14.0. The van der Waals surface area contributed by atoms with E-state index in [1.54, 1.807) is 59.4 Å². The molecule has 3 heterocycles. The second-order valence-electron chi connectivity index (χ2n) is 6.88. The Bertz CT molecular complexity index is 1090. The van der Waals surface area contributed by atoms with Crippen molar-refractivity contribution in [3.63, 3.8) is 0 Å². The summed E-state index contributed by atoms with van der Waals surface area (Å²) >= 11 is 12.2. The molecule has 1 saturated heterocycles. The van der Waals surface area contributed by atoms with Gasteiger partial charge in [0, 0.05) is 32.2 Å². The third-order valence-electron chi connectivity index (χ3n) is 4.94. The number of aromatic nitrogens is 2. The minimum Gasteiger partial charge on any atom is -0.463 e. The first-order valence-corrected chi connectivity index (χ1v) is 10.5. The first kappa shape index (κ1) is 21.3. The minimum atomic E-state index is -0.365. The van der Waals surface area contributed by atoms with Crippen LogP contribution in [0.15, 0.2) is 47.1 Å². The number of carbonyl (C=O) groups excluding carboxylic acids is 2. The van der Waals surface area contributed by atoms with Crippen molar-refractivity contribution >= 4 is 35.2 Å². The molecule has 0 radical (unpaired) electrons. The van der Waals surface area contributed by atoms with Gasteiger partial charge in [-0.2, -0.15) is 5.10 Å². The van der Waals surface area contributed by atoms with Gasteiger partial charge in [0.15, 0.2) is 5.76 Å². The molecule has 162 valence electrons. The van der Waals surface area contributed by atoms with Crippen LogP contribution in [0.25, 0.3) is 17.1 Å². The number of halogens is 2. The van der Waals surface area contributed by atoms with E-state index in [-0.39, 0.29) is 12.0 Å². The molecule has 0 atom stereocenters. The number of benzene rings is 1. The predicted molar refractivity (Wildman–Crippen MR) is 116 cm³/mol. The average molecular weight is 463 g/mol. The summed E-state index contributed by atoms with van der Waals surface area (Å²) in [6.07, 6.45) is 1.18. The van der Waals surface area contributed by atoms with Crippen molar-refractivity contribution in [2.75, 3.05) is 32.8 Å². The first-order chi connectivity index (χ1) is 15.0. The molecule has 0 saturated carbocycles. The maximum absolute atomic E-state index is 13.4. The quantitative estimate of drug-likeness (QED) is 0.575. The molecule has 0 spiro atoms. The Labute approximate surface area is 188 Å². The molecule has 0 N–H and O–H groups in total. The molecule has 10 heteroatoms. The van der Waals surface area contributed by atoms with Gasteiger partial charge in [0.2, 0.25) is 0 Å². The lowest BCUT2D eigenvalue weighted by Crippen LogP contribution is -2.51. The van der Waals surface area contributed by atoms with E-state index in [2.05, 4.69) is 5.10 Å². The molecule has 1 fully saturated rings. The SMILES string of the molecule is CCOC(=O)N1CCN(C(=O)c2cc(-c3ccco3)nn2-c2ccc(Cl)c(Cl)c2)CC1. The third kappa shape index (κ3) is 4.40. The summed E-state index contributed by atoms with van der Waals surface area (Å²) in [5.74, 6) is 0.333. The highest BCUT2D eigenvalue weighted by Crippen LogP contribution is 2.28. The topological polar surface area (TPSA) is 80.8 Å². The van der Waals surface area contributed by atoms with Gasteiger partial charge in [-0.3, -0.25) is 4.79 Å². The van der Waals surface area contributed by atoms with E-state index < -0.39 is 0 Å². The van der Waals surface area contributed by atoms with Crippen molar-refractivity contribution in [1.82, 2.24) is 19.6 Å². The summed E-state index contributed by atoms with van der Waals surface area (Å²) < 4.78 is 12.0. The summed E-state index contributed by atoms with van der Waals surface area (Å²) in [5, 5.41) is 5.33. The van der Waals surface area contributed by atoms with Crippen LogP contribution in [-0.4, -0.2) is 64.4 Å². The first-order valence-electron chi connectivity index (χ1n) is 9.78. The number of amides is 2. The number of rotatable bonds is 4. The third-order valence-corrected chi connectivity index (χ3v) is 5.68. The number of hydrogen-bond donors (Lipinski definition) is 0. The number of nitrogens with zero attached hydrogens (tertiary/aromatic N) is 4. The Morgan fingerprint density at radius 1 is 1.06 bits per heavy atom. The molecule has 1 aromatic carbocycles. The van der Waals surface area contributed by atoms with Gasteiger partial charge in [-0.15, -0.1) is 0 Å². The van der Waals surface area contributed by atoms with Crippen LogP contribution in [0.1, 0.15) is 17.4 Å². The van der Waals surface area contributed by atoms with Crippen molar-refractivity contribution in [1.29, 1.82) is 0 Å². The molecule has 0 bridgehead atoms. The molecule has 2 amide bonds. The molecular weight excluding hydrogens is 443 g/mol. The lowest BCUT2D eigenvalue weighted by molar-refractivity contribution is 0.0563. The average Bonchev–Trinajstić information content (AvgIpc) is 3.45. The van der Waals surface area contributed by atoms with Crippen LogP contribution in [0, 0.1) is 0 Å². The molecule has 3 aromatic rings. The van der Waals surface area contributed by atoms with Gasteiger partial charge in [-0.25, -0.2) is 9.48 Å². The van der Waals surface area contributed by atoms with Crippen LogP contribution < -0.4 is 0 Å². The molecule has 0 unspecified atom stereocenters. The van der Waals surface area contributed by atoms with Gasteiger partial charge in [-0.1, -0.05) is 23.2 Å². The predicted octanol–water partition coefficient (Wildman–Crippen LogP) is 4.35. The van der Waals surface area contributed by atoms with E-state index in [1.807, 2.05) is 0 Å². The fourth-order valence-electron chi connectivity index (χ4n) is 3.36. The maximum atomic E-state index is 13.4. The van der Waals surface area contributed by atoms with E-state index in [0.29, 0.717) is 65.7 Å². The second kappa shape index (κ2) is 9.03. The molecule has 31 heavy (non-hydrogen) atoms. The summed E-state index contributed by atoms with van der Waals surface area (Å²) in [4.78, 5) is 28.6. The van der Waals surface area contributed by atoms with E-state index in [4.69, 9.17) is 32.4 Å². The van der Waals surface area contributed by atoms with Crippen LogP contribution in [0.4, 0.5) is 4.79 Å². The zero-order valence-corrected chi connectivity index (χ0v) is 18.3. The highest BCUT2D eigenvalue weighted by molar-refractivity contribution is 6.42. The number of ether oxygens (including phenoxy) is 1. The number of carbonyl (C=O) groups is 2. The van der Waals surface area contributed by atoms with E-state index >= 15 is 0 Å². The second-order valence-corrected chi connectivity index (χ2v) is 7.69. The maximum Gasteiger partial charge on any atom is 0.409 e. The molecule has 4 rings (SSSR count). The van der Waals surface area contributed by atoms with Crippen LogP contribution in [0.3, 0.4) is 0 Å². The number of furan rings is 1. The highest BCUT2D eigenvalue weighted by Gasteiger charge is 2.28. The molecule has 2 aromatic heterocycles. The number of hydrogen-bond acceptors (Lipinski definition) is 5. The zero-order chi connectivity index (χ0) is 22.0. The summed E-state index contributed by atoms with van der Waals surface area (Å²) in [7, 11) is 0. The van der Waals surface area contributed by atoms with Crippen LogP contribution in [-0.2, 0) is 4.74 Å². The van der Waals surface area contributed by atoms with Gasteiger partial charge >= 0.3 is 6.09 Å². The Balaban J connectivity index is 1.63. The van der Waals surface area contributed by atoms with Crippen molar-refractivity contribution in [2.24, 2.45) is 0 Å². The van der Waals surface area contributed by atoms with Crippen LogP contribution >= 0.6 is 23.2 Å². The Morgan fingerprint density at radius 2 is 1.81 bits per heavy atom. The largest absolute Gasteiger partial charge is 0.463 e. The van der Waals surface area contributed by atoms with Crippen LogP contribution in [0.5, 0.6) is 0 Å². The lowest BCUT2D eigenvalue weighted by atomic mass is 10.2. The Hall–Kier alpha value is -2.97. The van der Waals surface area contributed by atoms with Crippen LogP contribution in [0.2, 0.25) is 10.0 Å². The van der Waals surface area contributed by atoms with Gasteiger partial charge in [0.25, 0.3) is 5.91 Å². The van der Waals surface area contributed by atoms with Crippen molar-refractivity contribution < 1.29 is 18.7 Å². The molecule has 8 nitrogen and oxygen atoms in total. The molecule has 1 aliphatic rings. The van der Waals surface area contributed by atoms with Gasteiger partial charge in [0.1, 0.15) is 11.4 Å². The molecule has 1 aliphatic heterocycles.